The van der Waals surface area contributed by atoms with E-state index in [4.69, 9.17) is 11.5 Å². The number of hydrogen-bond donors (Lipinski definition) is 5. The van der Waals surface area contributed by atoms with Crippen LogP contribution in [0.5, 0.6) is 0 Å². The molecule has 0 aromatic heterocycles. The molecule has 0 spiro atoms. The Morgan fingerprint density at radius 3 is 1.92 bits per heavy atom. The molecule has 0 saturated carbocycles. The first-order valence-electron chi connectivity index (χ1n) is 3.47. The number of rotatable bonds is 2. The Morgan fingerprint density at radius 2 is 1.58 bits per heavy atom. The quantitative estimate of drug-likeness (QED) is 0.289. The first-order valence-corrected chi connectivity index (χ1v) is 3.47. The summed E-state index contributed by atoms with van der Waals surface area (Å²) in [5.74, 6) is -0.475. The zero-order valence-corrected chi connectivity index (χ0v) is 7.05. The van der Waals surface area contributed by atoms with Crippen molar-refractivity contribution < 1.29 is 0 Å². The molecule has 7 heteroatoms. The summed E-state index contributed by atoms with van der Waals surface area (Å²) in [6, 6.07) is 0. The van der Waals surface area contributed by atoms with E-state index in [0.29, 0.717) is 0 Å². The molecule has 1 aliphatic rings. The number of nitrogens with zero attached hydrogens (tertiary/aromatic N) is 2. The normalized spacial score (nSPS) is 20.8. The highest BCUT2D eigenvalue weighted by molar-refractivity contribution is 5.98. The fraction of sp³-hybridized carbons (Fsp3) is 0.600. The van der Waals surface area contributed by atoms with Crippen molar-refractivity contribution in [3.63, 3.8) is 0 Å². The lowest BCUT2D eigenvalue weighted by atomic mass is 10.5. The number of nitrogens with two attached hydrogens (primary N) is 2. The molecule has 0 aromatic carbocycles. The summed E-state index contributed by atoms with van der Waals surface area (Å²) in [4.78, 5) is 7.99. The van der Waals surface area contributed by atoms with Crippen LogP contribution in [0.3, 0.4) is 0 Å². The van der Waals surface area contributed by atoms with E-state index in [1.165, 1.54) is 0 Å². The molecule has 0 aliphatic carbocycles. The molecule has 0 aromatic rings. The van der Waals surface area contributed by atoms with Crippen LogP contribution in [0.15, 0.2) is 9.98 Å². The van der Waals surface area contributed by atoms with E-state index in [9.17, 15) is 0 Å². The molecule has 0 fully saturated rings. The van der Waals surface area contributed by atoms with E-state index in [1.807, 2.05) is 0 Å². The first-order chi connectivity index (χ1) is 5.62. The van der Waals surface area contributed by atoms with E-state index in [0.717, 1.165) is 0 Å². The summed E-state index contributed by atoms with van der Waals surface area (Å²) < 4.78 is 0. The molecule has 1 rings (SSSR count). The largest absolute Gasteiger partial charge is 0.369 e. The Balaban J connectivity index is 2.94. The lowest BCUT2D eigenvalue weighted by molar-refractivity contribution is 0.320. The van der Waals surface area contributed by atoms with Gasteiger partial charge in [0.2, 0.25) is 0 Å². The van der Waals surface area contributed by atoms with Crippen LogP contribution in [-0.4, -0.2) is 31.9 Å². The third-order valence-corrected chi connectivity index (χ3v) is 1.52. The maximum Gasteiger partial charge on any atom is 0.270 e. The Hall–Kier alpha value is -1.34. The Morgan fingerprint density at radius 1 is 1.17 bits per heavy atom. The van der Waals surface area contributed by atoms with Gasteiger partial charge >= 0.3 is 0 Å². The van der Waals surface area contributed by atoms with Crippen molar-refractivity contribution in [3.8, 4) is 0 Å². The lowest BCUT2D eigenvalue weighted by Crippen LogP contribution is -2.59. The van der Waals surface area contributed by atoms with E-state index >= 15 is 0 Å². The van der Waals surface area contributed by atoms with Gasteiger partial charge in [0.15, 0.2) is 11.9 Å². The minimum atomic E-state index is -0.931. The van der Waals surface area contributed by atoms with E-state index in [-0.39, 0.29) is 11.9 Å². The van der Waals surface area contributed by atoms with Crippen LogP contribution in [-0.2, 0) is 0 Å². The highest BCUT2D eigenvalue weighted by atomic mass is 15.5. The summed E-state index contributed by atoms with van der Waals surface area (Å²) in [5, 5.41) is 8.26. The van der Waals surface area contributed by atoms with Crippen LogP contribution < -0.4 is 27.4 Å². The monoisotopic (exact) mass is 171 g/mol. The number of guanidine groups is 2. The van der Waals surface area contributed by atoms with Crippen LogP contribution in [0.25, 0.3) is 0 Å². The van der Waals surface area contributed by atoms with Crippen molar-refractivity contribution in [2.45, 2.75) is 5.91 Å². The van der Waals surface area contributed by atoms with Gasteiger partial charge in [-0.15, -0.1) is 0 Å². The van der Waals surface area contributed by atoms with Crippen LogP contribution >= 0.6 is 0 Å². The molecule has 12 heavy (non-hydrogen) atoms. The van der Waals surface area contributed by atoms with Crippen LogP contribution in [0, 0.1) is 0 Å². The second kappa shape index (κ2) is 2.95. The van der Waals surface area contributed by atoms with Crippen molar-refractivity contribution in [2.75, 3.05) is 14.1 Å². The summed E-state index contributed by atoms with van der Waals surface area (Å²) in [6.07, 6.45) is 0. The Kier molecular flexibility index (Phi) is 2.15. The third kappa shape index (κ3) is 1.46. The predicted molar refractivity (Wildman–Crippen MR) is 47.2 cm³/mol. The molecule has 0 radical (unpaired) electrons. The SMILES string of the molecule is CNC1(NC)N=C(N)NC(N)=N1. The van der Waals surface area contributed by atoms with Crippen LogP contribution in [0.1, 0.15) is 0 Å². The Bertz CT molecular complexity index is 206. The molecule has 1 aliphatic heterocycles. The van der Waals surface area contributed by atoms with Gasteiger partial charge in [-0.3, -0.25) is 16.0 Å². The van der Waals surface area contributed by atoms with Gasteiger partial charge in [0, 0.05) is 0 Å². The van der Waals surface area contributed by atoms with Gasteiger partial charge in [0.1, 0.15) is 0 Å². The Labute approximate surface area is 70.3 Å². The van der Waals surface area contributed by atoms with Gasteiger partial charge in [-0.1, -0.05) is 0 Å². The number of hydrogen-bond acceptors (Lipinski definition) is 7. The third-order valence-electron chi connectivity index (χ3n) is 1.52. The van der Waals surface area contributed by atoms with Crippen molar-refractivity contribution in [3.05, 3.63) is 0 Å². The fourth-order valence-electron chi connectivity index (χ4n) is 0.909. The lowest BCUT2D eigenvalue weighted by Gasteiger charge is -2.28. The fourth-order valence-corrected chi connectivity index (χ4v) is 0.909. The molecule has 7 nitrogen and oxygen atoms in total. The van der Waals surface area contributed by atoms with Crippen LogP contribution in [0.4, 0.5) is 0 Å². The second-order valence-electron chi connectivity index (χ2n) is 2.29. The molecule has 1 heterocycles. The van der Waals surface area contributed by atoms with Gasteiger partial charge < -0.3 is 11.5 Å². The predicted octanol–water partition coefficient (Wildman–Crippen LogP) is -2.73. The van der Waals surface area contributed by atoms with Gasteiger partial charge in [-0.05, 0) is 14.1 Å². The molecule has 0 unspecified atom stereocenters. The average molecular weight is 171 g/mol. The number of aliphatic imine (C=N–C) groups is 2. The van der Waals surface area contributed by atoms with Crippen molar-refractivity contribution >= 4 is 11.9 Å². The molecule has 68 valence electrons. The summed E-state index contributed by atoms with van der Waals surface area (Å²) in [6.45, 7) is 0. The zero-order chi connectivity index (χ0) is 9.19. The molecular weight excluding hydrogens is 158 g/mol. The summed E-state index contributed by atoms with van der Waals surface area (Å²) >= 11 is 0. The zero-order valence-electron chi connectivity index (χ0n) is 7.05. The molecule has 0 atom stereocenters. The molecular formula is C5H13N7. The summed E-state index contributed by atoms with van der Waals surface area (Å²) in [5.41, 5.74) is 10.9. The minimum absolute atomic E-state index is 0.228. The maximum absolute atomic E-state index is 5.45. The second-order valence-corrected chi connectivity index (χ2v) is 2.29. The molecule has 0 saturated heterocycles. The van der Waals surface area contributed by atoms with Crippen LogP contribution in [0.2, 0.25) is 0 Å². The standard InChI is InChI=1S/C5H13N7/c1-8-5(9-2)11-3(6)10-4(7)12-5/h8-9H,1-2H3,(H5,6,7,10,11,12). The highest BCUT2D eigenvalue weighted by Gasteiger charge is 2.28. The highest BCUT2D eigenvalue weighted by Crippen LogP contribution is 2.04. The topological polar surface area (TPSA) is 113 Å². The smallest absolute Gasteiger partial charge is 0.270 e. The van der Waals surface area contributed by atoms with Crippen molar-refractivity contribution in [1.29, 1.82) is 0 Å². The molecule has 0 amide bonds. The van der Waals surface area contributed by atoms with E-state index in [2.05, 4.69) is 25.9 Å². The van der Waals surface area contributed by atoms with Crippen molar-refractivity contribution in [1.82, 2.24) is 16.0 Å². The van der Waals surface area contributed by atoms with Gasteiger partial charge in [-0.2, -0.15) is 9.98 Å². The van der Waals surface area contributed by atoms with Gasteiger partial charge in [-0.25, -0.2) is 0 Å². The minimum Gasteiger partial charge on any atom is -0.369 e. The molecule has 0 bridgehead atoms. The summed E-state index contributed by atoms with van der Waals surface area (Å²) in [7, 11) is 3.41. The van der Waals surface area contributed by atoms with Gasteiger partial charge in [0.25, 0.3) is 5.91 Å². The van der Waals surface area contributed by atoms with E-state index in [1.54, 1.807) is 14.1 Å². The van der Waals surface area contributed by atoms with Crippen molar-refractivity contribution in [2.24, 2.45) is 21.5 Å². The average Bonchev–Trinajstić information content (AvgIpc) is 2.02. The van der Waals surface area contributed by atoms with E-state index < -0.39 is 5.91 Å². The maximum atomic E-state index is 5.45. The van der Waals surface area contributed by atoms with Gasteiger partial charge in [0.05, 0.1) is 0 Å². The first kappa shape index (κ1) is 8.75. The number of nitrogens with one attached hydrogen (secondary N) is 3. The molecule has 7 N–H and O–H groups in total.